The summed E-state index contributed by atoms with van der Waals surface area (Å²) in [7, 11) is 0. The minimum atomic E-state index is 0.413. The zero-order valence-electron chi connectivity index (χ0n) is 11.7. The summed E-state index contributed by atoms with van der Waals surface area (Å²) in [6.45, 7) is 5.85. The van der Waals surface area contributed by atoms with Crippen LogP contribution < -0.4 is 5.32 Å². The average molecular weight is 292 g/mol. The number of nitrogens with zero attached hydrogens (tertiary/aromatic N) is 2. The number of hydrogen-bond acceptors (Lipinski definition) is 4. The fourth-order valence-corrected chi connectivity index (χ4v) is 1.92. The van der Waals surface area contributed by atoms with Gasteiger partial charge in [0, 0.05) is 29.8 Å². The van der Waals surface area contributed by atoms with Gasteiger partial charge in [0.1, 0.15) is 12.4 Å². The van der Waals surface area contributed by atoms with Crippen molar-refractivity contribution in [3.05, 3.63) is 41.2 Å². The van der Waals surface area contributed by atoms with Crippen molar-refractivity contribution in [3.63, 3.8) is 0 Å². The first kappa shape index (κ1) is 14.8. The lowest BCUT2D eigenvalue weighted by molar-refractivity contribution is 0.128. The molecule has 4 nitrogen and oxygen atoms in total. The molecule has 1 aromatic heterocycles. The zero-order valence-corrected chi connectivity index (χ0v) is 12.4. The number of hydrogen-bond donors (Lipinski definition) is 1. The van der Waals surface area contributed by atoms with Crippen LogP contribution in [-0.4, -0.2) is 23.1 Å². The van der Waals surface area contributed by atoms with Gasteiger partial charge in [-0.05, 0) is 26.0 Å². The first-order valence-electron chi connectivity index (χ1n) is 6.68. The van der Waals surface area contributed by atoms with Gasteiger partial charge in [-0.15, -0.1) is 0 Å². The Morgan fingerprint density at radius 1 is 1.15 bits per heavy atom. The van der Waals surface area contributed by atoms with Crippen LogP contribution in [0.4, 0.5) is 5.82 Å². The van der Waals surface area contributed by atoms with E-state index in [1.54, 1.807) is 0 Å². The second-order valence-electron chi connectivity index (χ2n) is 4.23. The molecule has 1 N–H and O–H groups in total. The highest BCUT2D eigenvalue weighted by molar-refractivity contribution is 6.30. The van der Waals surface area contributed by atoms with Gasteiger partial charge in [-0.25, -0.2) is 9.97 Å². The van der Waals surface area contributed by atoms with Crippen LogP contribution in [0.5, 0.6) is 0 Å². The lowest BCUT2D eigenvalue weighted by Gasteiger charge is -2.09. The molecule has 0 aliphatic heterocycles. The summed E-state index contributed by atoms with van der Waals surface area (Å²) in [4.78, 5) is 8.96. The fourth-order valence-electron chi connectivity index (χ4n) is 1.80. The van der Waals surface area contributed by atoms with Gasteiger partial charge >= 0.3 is 0 Å². The van der Waals surface area contributed by atoms with E-state index in [0.29, 0.717) is 24.1 Å². The van der Waals surface area contributed by atoms with E-state index in [1.165, 1.54) is 0 Å². The quantitative estimate of drug-likeness (QED) is 0.880. The van der Waals surface area contributed by atoms with Gasteiger partial charge in [0.05, 0.1) is 5.69 Å². The predicted molar refractivity (Wildman–Crippen MR) is 82.0 cm³/mol. The summed E-state index contributed by atoms with van der Waals surface area (Å²) in [5, 5.41) is 3.93. The van der Waals surface area contributed by atoms with Gasteiger partial charge in [-0.2, -0.15) is 0 Å². The number of aromatic nitrogens is 2. The van der Waals surface area contributed by atoms with Crippen molar-refractivity contribution >= 4 is 17.4 Å². The van der Waals surface area contributed by atoms with Gasteiger partial charge in [-0.1, -0.05) is 23.7 Å². The zero-order chi connectivity index (χ0) is 14.4. The van der Waals surface area contributed by atoms with Crippen LogP contribution in [-0.2, 0) is 11.3 Å². The highest BCUT2D eigenvalue weighted by Gasteiger charge is 2.06. The maximum atomic E-state index is 5.91. The van der Waals surface area contributed by atoms with Crippen molar-refractivity contribution in [2.75, 3.05) is 18.5 Å². The van der Waals surface area contributed by atoms with Crippen LogP contribution in [0.25, 0.3) is 11.3 Å². The summed E-state index contributed by atoms with van der Waals surface area (Å²) >= 11 is 5.91. The largest absolute Gasteiger partial charge is 0.374 e. The first-order valence-corrected chi connectivity index (χ1v) is 7.06. The summed E-state index contributed by atoms with van der Waals surface area (Å²) in [5.41, 5.74) is 1.87. The molecule has 2 rings (SSSR count). The molecule has 2 aromatic rings. The molecule has 20 heavy (non-hydrogen) atoms. The van der Waals surface area contributed by atoms with Crippen molar-refractivity contribution < 1.29 is 4.74 Å². The van der Waals surface area contributed by atoms with E-state index in [1.807, 2.05) is 44.2 Å². The summed E-state index contributed by atoms with van der Waals surface area (Å²) in [5.74, 6) is 1.48. The summed E-state index contributed by atoms with van der Waals surface area (Å²) in [6, 6.07) is 9.54. The van der Waals surface area contributed by atoms with Crippen molar-refractivity contribution in [2.45, 2.75) is 20.5 Å². The number of nitrogens with one attached hydrogen (secondary N) is 1. The molecule has 0 aliphatic rings. The molecule has 0 radical (unpaired) electrons. The third-order valence-electron chi connectivity index (χ3n) is 2.71. The molecule has 0 saturated carbocycles. The Labute approximate surface area is 124 Å². The van der Waals surface area contributed by atoms with E-state index < -0.39 is 0 Å². The van der Waals surface area contributed by atoms with Crippen LogP contribution in [0.3, 0.4) is 0 Å². The second kappa shape index (κ2) is 7.22. The minimum Gasteiger partial charge on any atom is -0.374 e. The third kappa shape index (κ3) is 3.92. The van der Waals surface area contributed by atoms with E-state index in [9.17, 15) is 0 Å². The topological polar surface area (TPSA) is 47.0 Å². The lowest BCUT2D eigenvalue weighted by Crippen LogP contribution is -2.06. The molecular weight excluding hydrogens is 274 g/mol. The molecule has 0 atom stereocenters. The van der Waals surface area contributed by atoms with Gasteiger partial charge in [0.2, 0.25) is 0 Å². The lowest BCUT2D eigenvalue weighted by atomic mass is 10.1. The summed E-state index contributed by atoms with van der Waals surface area (Å²) < 4.78 is 5.39. The Morgan fingerprint density at radius 2 is 1.90 bits per heavy atom. The van der Waals surface area contributed by atoms with Crippen LogP contribution in [0.15, 0.2) is 30.3 Å². The Morgan fingerprint density at radius 3 is 2.55 bits per heavy atom. The first-order chi connectivity index (χ1) is 9.72. The molecule has 5 heteroatoms. The monoisotopic (exact) mass is 291 g/mol. The van der Waals surface area contributed by atoms with Crippen molar-refractivity contribution in [2.24, 2.45) is 0 Å². The van der Waals surface area contributed by atoms with E-state index in [4.69, 9.17) is 16.3 Å². The van der Waals surface area contributed by atoms with Gasteiger partial charge < -0.3 is 10.1 Å². The molecule has 106 valence electrons. The molecule has 1 heterocycles. The van der Waals surface area contributed by atoms with Crippen LogP contribution in [0.1, 0.15) is 19.7 Å². The number of benzene rings is 1. The normalized spacial score (nSPS) is 10.6. The van der Waals surface area contributed by atoms with Crippen molar-refractivity contribution in [3.8, 4) is 11.3 Å². The minimum absolute atomic E-state index is 0.413. The number of rotatable bonds is 6. The third-order valence-corrected chi connectivity index (χ3v) is 2.96. The maximum Gasteiger partial charge on any atom is 0.157 e. The SMILES string of the molecule is CCNc1cc(-c2ccc(Cl)cc2)nc(COCC)n1. The predicted octanol–water partition coefficient (Wildman–Crippen LogP) is 3.77. The van der Waals surface area contributed by atoms with E-state index in [0.717, 1.165) is 23.6 Å². The van der Waals surface area contributed by atoms with Crippen LogP contribution in [0.2, 0.25) is 5.02 Å². The van der Waals surface area contributed by atoms with Gasteiger partial charge in [0.15, 0.2) is 5.82 Å². The Bertz CT molecular complexity index is 558. The van der Waals surface area contributed by atoms with E-state index >= 15 is 0 Å². The molecule has 1 aromatic carbocycles. The Balaban J connectivity index is 2.34. The molecule has 0 spiro atoms. The summed E-state index contributed by atoms with van der Waals surface area (Å²) in [6.07, 6.45) is 0. The number of halogens is 1. The highest BCUT2D eigenvalue weighted by atomic mass is 35.5. The smallest absolute Gasteiger partial charge is 0.157 e. The number of ether oxygens (including phenoxy) is 1. The number of anilines is 1. The molecule has 0 bridgehead atoms. The molecule has 0 saturated heterocycles. The van der Waals surface area contributed by atoms with E-state index in [2.05, 4.69) is 15.3 Å². The van der Waals surface area contributed by atoms with Crippen molar-refractivity contribution in [1.29, 1.82) is 0 Å². The van der Waals surface area contributed by atoms with E-state index in [-0.39, 0.29) is 0 Å². The second-order valence-corrected chi connectivity index (χ2v) is 4.67. The standard InChI is InChI=1S/C15H18ClN3O/c1-3-17-14-9-13(11-5-7-12(16)8-6-11)18-15(19-14)10-20-4-2/h5-9H,3-4,10H2,1-2H3,(H,17,18,19). The van der Waals surface area contributed by atoms with Crippen molar-refractivity contribution in [1.82, 2.24) is 9.97 Å². The molecule has 0 unspecified atom stereocenters. The molecular formula is C15H18ClN3O. The fraction of sp³-hybridized carbons (Fsp3) is 0.333. The highest BCUT2D eigenvalue weighted by Crippen LogP contribution is 2.22. The molecule has 0 aliphatic carbocycles. The Kier molecular flexibility index (Phi) is 5.32. The van der Waals surface area contributed by atoms with Gasteiger partial charge in [0.25, 0.3) is 0 Å². The average Bonchev–Trinajstić information content (AvgIpc) is 2.46. The van der Waals surface area contributed by atoms with Gasteiger partial charge in [-0.3, -0.25) is 0 Å². The van der Waals surface area contributed by atoms with Crippen LogP contribution in [0, 0.1) is 0 Å². The molecule has 0 amide bonds. The maximum absolute atomic E-state index is 5.91. The van der Waals surface area contributed by atoms with Crippen LogP contribution >= 0.6 is 11.6 Å². The molecule has 0 fully saturated rings. The Hall–Kier alpha value is -1.65.